The van der Waals surface area contributed by atoms with E-state index in [1.54, 1.807) is 19.2 Å². The molecule has 1 atom stereocenters. The van der Waals surface area contributed by atoms with Crippen molar-refractivity contribution in [3.05, 3.63) is 29.7 Å². The van der Waals surface area contributed by atoms with Crippen LogP contribution in [0, 0.1) is 11.3 Å². The molecule has 2 aromatic heterocycles. The fraction of sp³-hybridized carbons (Fsp3) is 0.417. The van der Waals surface area contributed by atoms with Gasteiger partial charge in [0, 0.05) is 25.8 Å². The zero-order valence-electron chi connectivity index (χ0n) is 9.92. The van der Waals surface area contributed by atoms with Gasteiger partial charge in [-0.05, 0) is 19.4 Å². The van der Waals surface area contributed by atoms with Crippen molar-refractivity contribution in [3.63, 3.8) is 0 Å². The summed E-state index contributed by atoms with van der Waals surface area (Å²) in [6.45, 7) is 2.02. The van der Waals surface area contributed by atoms with Crippen molar-refractivity contribution in [2.45, 2.75) is 25.9 Å². The molecule has 0 radical (unpaired) electrons. The van der Waals surface area contributed by atoms with Crippen molar-refractivity contribution in [2.75, 3.05) is 7.11 Å². The zero-order valence-corrected chi connectivity index (χ0v) is 9.92. The highest BCUT2D eigenvalue weighted by Gasteiger charge is 2.08. The number of aryl methyl sites for hydroxylation is 1. The number of hydrogen-bond acceptors (Lipinski definition) is 4. The lowest BCUT2D eigenvalue weighted by atomic mass is 10.2. The highest BCUT2D eigenvalue weighted by Crippen LogP contribution is 2.09. The van der Waals surface area contributed by atoms with Crippen LogP contribution in [0.2, 0.25) is 0 Å². The first-order chi connectivity index (χ1) is 8.24. The summed E-state index contributed by atoms with van der Waals surface area (Å²) in [5.74, 6) is 0.897. The van der Waals surface area contributed by atoms with E-state index in [2.05, 4.69) is 16.3 Å². The Labute approximate surface area is 99.7 Å². The van der Waals surface area contributed by atoms with Crippen molar-refractivity contribution in [3.8, 4) is 6.07 Å². The number of pyridine rings is 1. The van der Waals surface area contributed by atoms with Crippen LogP contribution in [0.15, 0.2) is 18.3 Å². The zero-order chi connectivity index (χ0) is 12.3. The minimum atomic E-state index is 0.209. The van der Waals surface area contributed by atoms with Gasteiger partial charge in [0.2, 0.25) is 0 Å². The maximum Gasteiger partial charge on any atom is 0.162 e. The van der Waals surface area contributed by atoms with E-state index in [-0.39, 0.29) is 6.10 Å². The van der Waals surface area contributed by atoms with Crippen LogP contribution < -0.4 is 0 Å². The fourth-order valence-corrected chi connectivity index (χ4v) is 1.63. The lowest BCUT2D eigenvalue weighted by Gasteiger charge is -2.07. The lowest BCUT2D eigenvalue weighted by Crippen LogP contribution is -2.07. The minimum Gasteiger partial charge on any atom is -0.382 e. The Morgan fingerprint density at radius 2 is 2.35 bits per heavy atom. The summed E-state index contributed by atoms with van der Waals surface area (Å²) in [4.78, 5) is 0. The van der Waals surface area contributed by atoms with Crippen molar-refractivity contribution in [2.24, 2.45) is 0 Å². The average molecular weight is 230 g/mol. The van der Waals surface area contributed by atoms with Gasteiger partial charge in [-0.3, -0.25) is 4.40 Å². The molecule has 0 aliphatic carbocycles. The first-order valence-corrected chi connectivity index (χ1v) is 5.51. The molecule has 0 aliphatic heterocycles. The summed E-state index contributed by atoms with van der Waals surface area (Å²) in [5, 5.41) is 17.0. The standard InChI is InChI=1S/C12H14N4O/c1-9(17-2)3-4-11-14-15-12-7-10(8-13)5-6-16(11)12/h5-7,9H,3-4H2,1-2H3. The van der Waals surface area contributed by atoms with Crippen LogP contribution in [0.5, 0.6) is 0 Å². The first kappa shape index (κ1) is 11.6. The van der Waals surface area contributed by atoms with Gasteiger partial charge in [-0.1, -0.05) is 0 Å². The second kappa shape index (κ2) is 4.93. The summed E-state index contributed by atoms with van der Waals surface area (Å²) < 4.78 is 7.10. The van der Waals surface area contributed by atoms with E-state index >= 15 is 0 Å². The molecule has 0 aromatic carbocycles. The van der Waals surface area contributed by atoms with E-state index in [4.69, 9.17) is 10.00 Å². The van der Waals surface area contributed by atoms with E-state index in [0.29, 0.717) is 11.2 Å². The van der Waals surface area contributed by atoms with Gasteiger partial charge in [0.25, 0.3) is 0 Å². The Morgan fingerprint density at radius 3 is 3.06 bits per heavy atom. The molecule has 5 nitrogen and oxygen atoms in total. The molecule has 0 N–H and O–H groups in total. The van der Waals surface area contributed by atoms with Crippen molar-refractivity contribution >= 4 is 5.65 Å². The summed E-state index contributed by atoms with van der Waals surface area (Å²) in [6, 6.07) is 5.58. The maximum absolute atomic E-state index is 8.79. The normalized spacial score (nSPS) is 12.5. The van der Waals surface area contributed by atoms with Gasteiger partial charge in [0.05, 0.1) is 17.7 Å². The van der Waals surface area contributed by atoms with Crippen LogP contribution in [0.3, 0.4) is 0 Å². The van der Waals surface area contributed by atoms with Crippen LogP contribution in [0.1, 0.15) is 24.7 Å². The van der Waals surface area contributed by atoms with E-state index in [0.717, 1.165) is 18.7 Å². The molecule has 0 fully saturated rings. The molecular weight excluding hydrogens is 216 g/mol. The Kier molecular flexibility index (Phi) is 3.35. The molecule has 2 heterocycles. The van der Waals surface area contributed by atoms with E-state index < -0.39 is 0 Å². The fourth-order valence-electron chi connectivity index (χ4n) is 1.63. The van der Waals surface area contributed by atoms with E-state index in [1.165, 1.54) is 0 Å². The van der Waals surface area contributed by atoms with Crippen LogP contribution >= 0.6 is 0 Å². The third kappa shape index (κ3) is 2.43. The molecule has 0 bridgehead atoms. The third-order valence-corrected chi connectivity index (χ3v) is 2.79. The van der Waals surface area contributed by atoms with E-state index in [1.807, 2.05) is 17.5 Å². The molecule has 2 aromatic rings. The Bertz CT molecular complexity index is 555. The number of rotatable bonds is 4. The van der Waals surface area contributed by atoms with Gasteiger partial charge in [0.15, 0.2) is 5.65 Å². The quantitative estimate of drug-likeness (QED) is 0.799. The summed E-state index contributed by atoms with van der Waals surface area (Å²) in [7, 11) is 1.70. The molecule has 5 heteroatoms. The monoisotopic (exact) mass is 230 g/mol. The summed E-state index contributed by atoms with van der Waals surface area (Å²) in [6.07, 6.45) is 3.75. The number of nitriles is 1. The molecule has 0 saturated heterocycles. The van der Waals surface area contributed by atoms with Crippen LogP contribution in [-0.4, -0.2) is 27.8 Å². The van der Waals surface area contributed by atoms with E-state index in [9.17, 15) is 0 Å². The molecule has 0 spiro atoms. The molecule has 1 unspecified atom stereocenters. The van der Waals surface area contributed by atoms with Gasteiger partial charge in [0.1, 0.15) is 5.82 Å². The number of nitrogens with zero attached hydrogens (tertiary/aromatic N) is 4. The van der Waals surface area contributed by atoms with Gasteiger partial charge >= 0.3 is 0 Å². The lowest BCUT2D eigenvalue weighted by molar-refractivity contribution is 0.111. The molecule has 2 rings (SSSR count). The predicted molar refractivity (Wildman–Crippen MR) is 62.5 cm³/mol. The van der Waals surface area contributed by atoms with Crippen molar-refractivity contribution in [1.82, 2.24) is 14.6 Å². The van der Waals surface area contributed by atoms with Gasteiger partial charge < -0.3 is 4.74 Å². The average Bonchev–Trinajstić information content (AvgIpc) is 2.77. The number of ether oxygens (including phenoxy) is 1. The van der Waals surface area contributed by atoms with Crippen molar-refractivity contribution < 1.29 is 4.74 Å². The number of aromatic nitrogens is 3. The summed E-state index contributed by atoms with van der Waals surface area (Å²) >= 11 is 0. The van der Waals surface area contributed by atoms with Crippen LogP contribution in [0.25, 0.3) is 5.65 Å². The van der Waals surface area contributed by atoms with Crippen LogP contribution in [-0.2, 0) is 11.2 Å². The molecule has 17 heavy (non-hydrogen) atoms. The van der Waals surface area contributed by atoms with Crippen LogP contribution in [0.4, 0.5) is 0 Å². The molecule has 88 valence electrons. The second-order valence-electron chi connectivity index (χ2n) is 3.96. The first-order valence-electron chi connectivity index (χ1n) is 5.51. The third-order valence-electron chi connectivity index (χ3n) is 2.79. The number of fused-ring (bicyclic) bond motifs is 1. The Morgan fingerprint density at radius 1 is 1.53 bits per heavy atom. The molecular formula is C12H14N4O. The second-order valence-corrected chi connectivity index (χ2v) is 3.96. The number of hydrogen-bond donors (Lipinski definition) is 0. The van der Waals surface area contributed by atoms with Gasteiger partial charge in [-0.15, -0.1) is 10.2 Å². The Balaban J connectivity index is 2.22. The summed E-state index contributed by atoms with van der Waals surface area (Å²) in [5.41, 5.74) is 1.31. The maximum atomic E-state index is 8.79. The van der Waals surface area contributed by atoms with Gasteiger partial charge in [-0.2, -0.15) is 5.26 Å². The molecule has 0 aliphatic rings. The highest BCUT2D eigenvalue weighted by molar-refractivity contribution is 5.45. The molecule has 0 saturated carbocycles. The minimum absolute atomic E-state index is 0.209. The number of methoxy groups -OCH3 is 1. The highest BCUT2D eigenvalue weighted by atomic mass is 16.5. The predicted octanol–water partition coefficient (Wildman–Crippen LogP) is 1.57. The van der Waals surface area contributed by atoms with Crippen molar-refractivity contribution in [1.29, 1.82) is 5.26 Å². The Hall–Kier alpha value is -1.93. The van der Waals surface area contributed by atoms with Gasteiger partial charge in [-0.25, -0.2) is 0 Å². The molecule has 0 amide bonds. The smallest absolute Gasteiger partial charge is 0.162 e. The topological polar surface area (TPSA) is 63.2 Å². The SMILES string of the molecule is COC(C)CCc1nnc2cc(C#N)ccn12. The largest absolute Gasteiger partial charge is 0.382 e.